The van der Waals surface area contributed by atoms with Crippen molar-refractivity contribution in [2.24, 2.45) is 0 Å². The van der Waals surface area contributed by atoms with E-state index in [0.717, 1.165) is 31.6 Å². The van der Waals surface area contributed by atoms with Gasteiger partial charge in [0.1, 0.15) is 17.9 Å². The van der Waals surface area contributed by atoms with Crippen LogP contribution in [-0.4, -0.2) is 47.3 Å². The summed E-state index contributed by atoms with van der Waals surface area (Å²) in [6.45, 7) is 5.05. The molecule has 0 saturated carbocycles. The van der Waals surface area contributed by atoms with Crippen molar-refractivity contribution in [2.45, 2.75) is 32.3 Å². The molecule has 0 radical (unpaired) electrons. The first-order valence-electron chi connectivity index (χ1n) is 11.2. The maximum atomic E-state index is 14.2. The number of nitrogens with zero attached hydrogens (tertiary/aromatic N) is 5. The molecule has 0 unspecified atom stereocenters. The first-order valence-corrected chi connectivity index (χ1v) is 11.6. The van der Waals surface area contributed by atoms with Gasteiger partial charge < -0.3 is 30.7 Å². The van der Waals surface area contributed by atoms with E-state index in [-0.39, 0.29) is 16.9 Å². The van der Waals surface area contributed by atoms with Gasteiger partial charge in [0.2, 0.25) is 11.9 Å². The van der Waals surface area contributed by atoms with Gasteiger partial charge in [-0.25, -0.2) is 14.4 Å². The molecule has 3 aromatic rings. The Hall–Kier alpha value is -3.37. The van der Waals surface area contributed by atoms with Crippen molar-refractivity contribution >= 4 is 46.2 Å². The SMILES string of the molecule is COc1cc(N2CCCC2)c(N)cc1Nc1ncnc(N(C)c2cc(Cl)c(F)cc2C(C)(C)O)n1. The predicted octanol–water partition coefficient (Wildman–Crippen LogP) is 4.59. The molecule has 0 spiro atoms. The molecule has 0 amide bonds. The van der Waals surface area contributed by atoms with E-state index in [4.69, 9.17) is 22.1 Å². The van der Waals surface area contributed by atoms with Crippen LogP contribution in [0, 0.1) is 5.82 Å². The standard InChI is InChI=1S/C24H29ClFN7O2/c1-24(2,34)14-9-16(26)15(25)10-19(14)32(3)23-29-13-28-22(31-23)30-18-11-17(27)20(12-21(18)35-4)33-7-5-6-8-33/h9-13,34H,5-8,27H2,1-4H3,(H,28,29,30,31). The number of hydrogen-bond donors (Lipinski definition) is 3. The van der Waals surface area contributed by atoms with Crippen LogP contribution in [0.4, 0.5) is 39.0 Å². The lowest BCUT2D eigenvalue weighted by molar-refractivity contribution is 0.0788. The van der Waals surface area contributed by atoms with Gasteiger partial charge in [-0.1, -0.05) is 11.6 Å². The van der Waals surface area contributed by atoms with Gasteiger partial charge in [0, 0.05) is 31.8 Å². The molecule has 0 atom stereocenters. The van der Waals surface area contributed by atoms with E-state index in [1.807, 2.05) is 6.07 Å². The van der Waals surface area contributed by atoms with Crippen LogP contribution in [0.3, 0.4) is 0 Å². The lowest BCUT2D eigenvalue weighted by Crippen LogP contribution is -2.23. The van der Waals surface area contributed by atoms with Gasteiger partial charge in [0.05, 0.1) is 40.5 Å². The molecular formula is C24H29ClFN7O2. The average molecular weight is 502 g/mol. The summed E-state index contributed by atoms with van der Waals surface area (Å²) in [6, 6.07) is 6.35. The summed E-state index contributed by atoms with van der Waals surface area (Å²) in [5, 5.41) is 13.7. The maximum Gasteiger partial charge on any atom is 0.234 e. The summed E-state index contributed by atoms with van der Waals surface area (Å²) < 4.78 is 19.7. The van der Waals surface area contributed by atoms with Gasteiger partial charge in [0.15, 0.2) is 0 Å². The van der Waals surface area contributed by atoms with Gasteiger partial charge in [-0.3, -0.25) is 0 Å². The molecule has 1 fully saturated rings. The zero-order valence-electron chi connectivity index (χ0n) is 20.1. The fourth-order valence-electron chi connectivity index (χ4n) is 4.13. The molecule has 1 aliphatic rings. The van der Waals surface area contributed by atoms with Crippen LogP contribution in [0.2, 0.25) is 5.02 Å². The molecule has 4 N–H and O–H groups in total. The van der Waals surface area contributed by atoms with Crippen LogP contribution >= 0.6 is 11.6 Å². The Morgan fingerprint density at radius 1 is 1.20 bits per heavy atom. The van der Waals surface area contributed by atoms with E-state index in [1.165, 1.54) is 18.5 Å². The number of nitrogen functional groups attached to an aromatic ring is 1. The number of nitrogens with two attached hydrogens (primary N) is 1. The van der Waals surface area contributed by atoms with E-state index in [0.29, 0.717) is 28.4 Å². The van der Waals surface area contributed by atoms with Gasteiger partial charge in [-0.15, -0.1) is 0 Å². The molecule has 1 saturated heterocycles. The second-order valence-electron chi connectivity index (χ2n) is 8.94. The lowest BCUT2D eigenvalue weighted by atomic mass is 9.96. The molecule has 35 heavy (non-hydrogen) atoms. The quantitative estimate of drug-likeness (QED) is 0.400. The minimum atomic E-state index is -1.33. The van der Waals surface area contributed by atoms with Gasteiger partial charge >= 0.3 is 0 Å². The number of aliphatic hydroxyl groups is 1. The van der Waals surface area contributed by atoms with Crippen LogP contribution in [0.15, 0.2) is 30.6 Å². The Bertz CT molecular complexity index is 1230. The fraction of sp³-hybridized carbons (Fsp3) is 0.375. The van der Waals surface area contributed by atoms with Crippen molar-refractivity contribution in [3.05, 3.63) is 47.0 Å². The molecule has 11 heteroatoms. The van der Waals surface area contributed by atoms with E-state index >= 15 is 0 Å². The van der Waals surface area contributed by atoms with Crippen LogP contribution in [0.5, 0.6) is 5.75 Å². The van der Waals surface area contributed by atoms with E-state index in [9.17, 15) is 9.50 Å². The number of benzene rings is 2. The minimum absolute atomic E-state index is 0.0782. The van der Waals surface area contributed by atoms with Crippen molar-refractivity contribution in [3.8, 4) is 5.75 Å². The molecule has 2 heterocycles. The second kappa shape index (κ2) is 9.71. The number of methoxy groups -OCH3 is 1. The number of rotatable bonds is 7. The molecule has 9 nitrogen and oxygen atoms in total. The number of nitrogens with one attached hydrogen (secondary N) is 1. The highest BCUT2D eigenvalue weighted by Gasteiger charge is 2.26. The molecule has 0 bridgehead atoms. The van der Waals surface area contributed by atoms with Gasteiger partial charge in [-0.05, 0) is 44.9 Å². The van der Waals surface area contributed by atoms with Crippen LogP contribution in [-0.2, 0) is 5.60 Å². The van der Waals surface area contributed by atoms with Crippen molar-refractivity contribution in [2.75, 3.05) is 48.1 Å². The molecule has 2 aromatic carbocycles. The van der Waals surface area contributed by atoms with E-state index in [2.05, 4.69) is 25.2 Å². The summed E-state index contributed by atoms with van der Waals surface area (Å²) in [4.78, 5) is 16.8. The minimum Gasteiger partial charge on any atom is -0.494 e. The summed E-state index contributed by atoms with van der Waals surface area (Å²) in [6.07, 6.45) is 3.62. The number of ether oxygens (including phenoxy) is 1. The third-order valence-electron chi connectivity index (χ3n) is 5.96. The molecule has 186 valence electrons. The fourth-order valence-corrected chi connectivity index (χ4v) is 4.28. The smallest absolute Gasteiger partial charge is 0.234 e. The first kappa shape index (κ1) is 24.7. The third kappa shape index (κ3) is 5.18. The molecule has 1 aliphatic heterocycles. The molecular weight excluding hydrogens is 473 g/mol. The topological polar surface area (TPSA) is 113 Å². The zero-order valence-corrected chi connectivity index (χ0v) is 20.9. The summed E-state index contributed by atoms with van der Waals surface area (Å²) >= 11 is 6.04. The van der Waals surface area contributed by atoms with Gasteiger partial charge in [-0.2, -0.15) is 4.98 Å². The highest BCUT2D eigenvalue weighted by atomic mass is 35.5. The van der Waals surface area contributed by atoms with Crippen LogP contribution in [0.25, 0.3) is 0 Å². The monoisotopic (exact) mass is 501 g/mol. The Morgan fingerprint density at radius 3 is 2.57 bits per heavy atom. The number of anilines is 6. The van der Waals surface area contributed by atoms with Crippen LogP contribution < -0.4 is 25.6 Å². The highest BCUT2D eigenvalue weighted by Crippen LogP contribution is 2.39. The van der Waals surface area contributed by atoms with E-state index in [1.54, 1.807) is 39.0 Å². The van der Waals surface area contributed by atoms with Crippen LogP contribution in [0.1, 0.15) is 32.3 Å². The van der Waals surface area contributed by atoms with Gasteiger partial charge in [0.25, 0.3) is 0 Å². The number of aromatic nitrogens is 3. The molecule has 0 aliphatic carbocycles. The van der Waals surface area contributed by atoms with Crippen molar-refractivity contribution in [3.63, 3.8) is 0 Å². The maximum absolute atomic E-state index is 14.2. The average Bonchev–Trinajstić information content (AvgIpc) is 3.34. The summed E-state index contributed by atoms with van der Waals surface area (Å²) in [7, 11) is 3.29. The highest BCUT2D eigenvalue weighted by molar-refractivity contribution is 6.31. The first-order chi connectivity index (χ1) is 16.6. The molecule has 1 aromatic heterocycles. The molecule has 4 rings (SSSR count). The zero-order chi connectivity index (χ0) is 25.3. The number of halogens is 2. The number of hydrogen-bond acceptors (Lipinski definition) is 9. The third-order valence-corrected chi connectivity index (χ3v) is 6.25. The van der Waals surface area contributed by atoms with Crippen molar-refractivity contribution < 1.29 is 14.2 Å². The summed E-state index contributed by atoms with van der Waals surface area (Å²) in [5.74, 6) is 0.495. The lowest BCUT2D eigenvalue weighted by Gasteiger charge is -2.27. The Balaban J connectivity index is 1.66. The van der Waals surface area contributed by atoms with Crippen molar-refractivity contribution in [1.29, 1.82) is 0 Å². The van der Waals surface area contributed by atoms with E-state index < -0.39 is 11.4 Å². The summed E-state index contributed by atoms with van der Waals surface area (Å²) in [5.41, 5.74) is 7.98. The van der Waals surface area contributed by atoms with Crippen molar-refractivity contribution in [1.82, 2.24) is 15.0 Å². The Morgan fingerprint density at radius 2 is 1.91 bits per heavy atom. The predicted molar refractivity (Wildman–Crippen MR) is 137 cm³/mol. The normalized spacial score (nSPS) is 13.7. The largest absolute Gasteiger partial charge is 0.494 e. The Labute approximate surface area is 208 Å². The second-order valence-corrected chi connectivity index (χ2v) is 9.35. The Kier molecular flexibility index (Phi) is 6.86.